The SMILES string of the molecule is Cn1c(C(=O)O)cc2c(-c3ccccn3)ccnc21. The number of hydrogen-bond acceptors (Lipinski definition) is 3. The van der Waals surface area contributed by atoms with Gasteiger partial charge in [-0.1, -0.05) is 6.07 Å². The molecule has 0 radical (unpaired) electrons. The van der Waals surface area contributed by atoms with E-state index in [-0.39, 0.29) is 5.69 Å². The second kappa shape index (κ2) is 4.20. The summed E-state index contributed by atoms with van der Waals surface area (Å²) in [6, 6.07) is 9.11. The lowest BCUT2D eigenvalue weighted by Crippen LogP contribution is -2.04. The van der Waals surface area contributed by atoms with Crippen LogP contribution < -0.4 is 0 Å². The van der Waals surface area contributed by atoms with E-state index in [1.54, 1.807) is 30.1 Å². The Hall–Kier alpha value is -2.69. The Morgan fingerprint density at radius 1 is 1.21 bits per heavy atom. The molecule has 5 nitrogen and oxygen atoms in total. The van der Waals surface area contributed by atoms with Gasteiger partial charge in [0, 0.05) is 30.4 Å². The Kier molecular flexibility index (Phi) is 2.52. The van der Waals surface area contributed by atoms with Crippen molar-refractivity contribution < 1.29 is 9.90 Å². The number of pyridine rings is 2. The minimum Gasteiger partial charge on any atom is -0.477 e. The Morgan fingerprint density at radius 3 is 2.74 bits per heavy atom. The maximum Gasteiger partial charge on any atom is 0.352 e. The molecule has 0 saturated carbocycles. The first kappa shape index (κ1) is 11.4. The van der Waals surface area contributed by atoms with Crippen molar-refractivity contribution in [1.82, 2.24) is 14.5 Å². The molecule has 0 unspecified atom stereocenters. The highest BCUT2D eigenvalue weighted by atomic mass is 16.4. The molecule has 0 amide bonds. The van der Waals surface area contributed by atoms with E-state index in [4.69, 9.17) is 5.11 Å². The van der Waals surface area contributed by atoms with Gasteiger partial charge in [-0.3, -0.25) is 4.98 Å². The van der Waals surface area contributed by atoms with E-state index < -0.39 is 5.97 Å². The molecule has 94 valence electrons. The predicted molar refractivity (Wildman–Crippen MR) is 70.9 cm³/mol. The van der Waals surface area contributed by atoms with E-state index in [2.05, 4.69) is 9.97 Å². The minimum absolute atomic E-state index is 0.214. The van der Waals surface area contributed by atoms with Crippen LogP contribution in [0.4, 0.5) is 0 Å². The van der Waals surface area contributed by atoms with Crippen molar-refractivity contribution in [3.05, 3.63) is 48.4 Å². The fourth-order valence-corrected chi connectivity index (χ4v) is 2.17. The lowest BCUT2D eigenvalue weighted by molar-refractivity contribution is 0.0687. The Bertz CT molecular complexity index is 763. The van der Waals surface area contributed by atoms with Crippen molar-refractivity contribution in [3.63, 3.8) is 0 Å². The molecule has 0 bridgehead atoms. The lowest BCUT2D eigenvalue weighted by Gasteiger charge is -2.02. The molecule has 0 aromatic carbocycles. The van der Waals surface area contributed by atoms with Crippen molar-refractivity contribution >= 4 is 17.0 Å². The van der Waals surface area contributed by atoms with Crippen LogP contribution in [0.1, 0.15) is 10.5 Å². The Labute approximate surface area is 109 Å². The van der Waals surface area contributed by atoms with Crippen LogP contribution in [0, 0.1) is 0 Å². The highest BCUT2D eigenvalue weighted by molar-refractivity contribution is 5.99. The third-order valence-electron chi connectivity index (χ3n) is 3.09. The zero-order chi connectivity index (χ0) is 13.4. The van der Waals surface area contributed by atoms with Gasteiger partial charge in [0.25, 0.3) is 0 Å². The quantitative estimate of drug-likeness (QED) is 0.761. The van der Waals surface area contributed by atoms with Crippen molar-refractivity contribution in [2.45, 2.75) is 0 Å². The number of aromatic nitrogens is 3. The number of carboxylic acid groups (broad SMARTS) is 1. The van der Waals surface area contributed by atoms with Gasteiger partial charge in [-0.2, -0.15) is 0 Å². The van der Waals surface area contributed by atoms with Crippen LogP contribution >= 0.6 is 0 Å². The van der Waals surface area contributed by atoms with Gasteiger partial charge in [0.2, 0.25) is 0 Å². The monoisotopic (exact) mass is 253 g/mol. The third-order valence-corrected chi connectivity index (χ3v) is 3.09. The van der Waals surface area contributed by atoms with Crippen molar-refractivity contribution in [2.24, 2.45) is 7.05 Å². The molecule has 3 heterocycles. The molecular weight excluding hydrogens is 242 g/mol. The molecule has 3 aromatic rings. The molecular formula is C14H11N3O2. The Balaban J connectivity index is 2.33. The topological polar surface area (TPSA) is 68.0 Å². The number of rotatable bonds is 2. The zero-order valence-electron chi connectivity index (χ0n) is 10.2. The Morgan fingerprint density at radius 2 is 2.05 bits per heavy atom. The van der Waals surface area contributed by atoms with Crippen LogP contribution in [0.2, 0.25) is 0 Å². The van der Waals surface area contributed by atoms with Gasteiger partial charge >= 0.3 is 5.97 Å². The van der Waals surface area contributed by atoms with Crippen LogP contribution in [0.25, 0.3) is 22.3 Å². The zero-order valence-corrected chi connectivity index (χ0v) is 10.2. The summed E-state index contributed by atoms with van der Waals surface area (Å²) >= 11 is 0. The normalized spacial score (nSPS) is 10.8. The molecule has 0 aliphatic heterocycles. The van der Waals surface area contributed by atoms with E-state index in [0.717, 1.165) is 16.6 Å². The van der Waals surface area contributed by atoms with E-state index in [1.165, 1.54) is 0 Å². The number of aryl methyl sites for hydroxylation is 1. The first-order valence-electron chi connectivity index (χ1n) is 5.77. The van der Waals surface area contributed by atoms with Gasteiger partial charge in [-0.25, -0.2) is 9.78 Å². The van der Waals surface area contributed by atoms with E-state index in [0.29, 0.717) is 5.65 Å². The molecule has 1 N–H and O–H groups in total. The average molecular weight is 253 g/mol. The molecule has 0 saturated heterocycles. The summed E-state index contributed by atoms with van der Waals surface area (Å²) in [7, 11) is 1.70. The summed E-state index contributed by atoms with van der Waals surface area (Å²) in [6.07, 6.45) is 3.38. The number of aromatic carboxylic acids is 1. The number of carboxylic acids is 1. The van der Waals surface area contributed by atoms with Gasteiger partial charge in [0.05, 0.1) is 5.69 Å². The molecule has 3 rings (SSSR count). The third kappa shape index (κ3) is 1.76. The van der Waals surface area contributed by atoms with Crippen LogP contribution in [-0.4, -0.2) is 25.6 Å². The maximum atomic E-state index is 11.2. The molecule has 19 heavy (non-hydrogen) atoms. The van der Waals surface area contributed by atoms with E-state index in [9.17, 15) is 4.79 Å². The molecule has 0 atom stereocenters. The van der Waals surface area contributed by atoms with Gasteiger partial charge < -0.3 is 9.67 Å². The molecule has 3 aromatic heterocycles. The number of fused-ring (bicyclic) bond motifs is 1. The summed E-state index contributed by atoms with van der Waals surface area (Å²) in [5, 5.41) is 9.96. The van der Waals surface area contributed by atoms with Crippen molar-refractivity contribution in [1.29, 1.82) is 0 Å². The summed E-state index contributed by atoms with van der Waals surface area (Å²) in [5.74, 6) is -0.965. The van der Waals surface area contributed by atoms with Gasteiger partial charge in [-0.05, 0) is 24.3 Å². The van der Waals surface area contributed by atoms with Gasteiger partial charge in [-0.15, -0.1) is 0 Å². The fourth-order valence-electron chi connectivity index (χ4n) is 2.17. The van der Waals surface area contributed by atoms with Crippen LogP contribution in [-0.2, 0) is 7.05 Å². The molecule has 0 spiro atoms. The molecule has 0 fully saturated rings. The second-order valence-corrected chi connectivity index (χ2v) is 4.20. The lowest BCUT2D eigenvalue weighted by atomic mass is 10.1. The summed E-state index contributed by atoms with van der Waals surface area (Å²) < 4.78 is 1.57. The molecule has 0 aliphatic rings. The molecule has 5 heteroatoms. The number of hydrogen-bond donors (Lipinski definition) is 1. The van der Waals surface area contributed by atoms with Crippen LogP contribution in [0.3, 0.4) is 0 Å². The van der Waals surface area contributed by atoms with Crippen LogP contribution in [0.15, 0.2) is 42.7 Å². The number of carbonyl (C=O) groups is 1. The fraction of sp³-hybridized carbons (Fsp3) is 0.0714. The van der Waals surface area contributed by atoms with Crippen molar-refractivity contribution in [2.75, 3.05) is 0 Å². The first-order valence-corrected chi connectivity index (χ1v) is 5.77. The largest absolute Gasteiger partial charge is 0.477 e. The highest BCUT2D eigenvalue weighted by Gasteiger charge is 2.15. The van der Waals surface area contributed by atoms with Gasteiger partial charge in [0.1, 0.15) is 11.3 Å². The summed E-state index contributed by atoms with van der Waals surface area (Å²) in [5.41, 5.74) is 2.54. The van der Waals surface area contributed by atoms with Gasteiger partial charge in [0.15, 0.2) is 0 Å². The minimum atomic E-state index is -0.965. The average Bonchev–Trinajstić information content (AvgIpc) is 2.78. The van der Waals surface area contributed by atoms with E-state index >= 15 is 0 Å². The van der Waals surface area contributed by atoms with Crippen molar-refractivity contribution in [3.8, 4) is 11.3 Å². The number of nitrogens with zero attached hydrogens (tertiary/aromatic N) is 3. The molecule has 0 aliphatic carbocycles. The van der Waals surface area contributed by atoms with Crippen LogP contribution in [0.5, 0.6) is 0 Å². The predicted octanol–water partition coefficient (Wildman–Crippen LogP) is 2.33. The first-order chi connectivity index (χ1) is 9.18. The highest BCUT2D eigenvalue weighted by Crippen LogP contribution is 2.27. The summed E-state index contributed by atoms with van der Waals surface area (Å²) in [6.45, 7) is 0. The summed E-state index contributed by atoms with van der Waals surface area (Å²) in [4.78, 5) is 19.7. The second-order valence-electron chi connectivity index (χ2n) is 4.20. The standard InChI is InChI=1S/C14H11N3O2/c1-17-12(14(18)19)8-10-9(5-7-16-13(10)17)11-4-2-3-6-15-11/h2-8H,1H3,(H,18,19). The maximum absolute atomic E-state index is 11.2. The smallest absolute Gasteiger partial charge is 0.352 e. The van der Waals surface area contributed by atoms with E-state index in [1.807, 2.05) is 24.3 Å².